The summed E-state index contributed by atoms with van der Waals surface area (Å²) in [6, 6.07) is 10.6. The van der Waals surface area contributed by atoms with Crippen molar-refractivity contribution < 1.29 is 22.7 Å². The first-order valence-corrected chi connectivity index (χ1v) is 18.0. The number of hydrogen-bond donors (Lipinski definition) is 2. The number of terminal acetylenes is 1. The van der Waals surface area contributed by atoms with Gasteiger partial charge in [-0.15, -0.1) is 6.42 Å². The molecule has 13 heteroatoms. The molecule has 4 aliphatic heterocycles. The van der Waals surface area contributed by atoms with E-state index < -0.39 is 35.3 Å². The van der Waals surface area contributed by atoms with Crippen molar-refractivity contribution in [2.45, 2.75) is 56.3 Å². The molecule has 3 fully saturated rings. The van der Waals surface area contributed by atoms with Crippen molar-refractivity contribution in [1.29, 1.82) is 0 Å². The molecular formula is C40H39F3N8O2. The van der Waals surface area contributed by atoms with Gasteiger partial charge in [0.25, 0.3) is 5.91 Å². The number of carbonyl (C=O) groups is 1. The maximum Gasteiger partial charge on any atom is 0.319 e. The molecule has 0 saturated carbocycles. The average Bonchev–Trinajstić information content (AvgIpc) is 3.59. The zero-order chi connectivity index (χ0) is 36.5. The van der Waals surface area contributed by atoms with Gasteiger partial charge in [0.2, 0.25) is 5.83 Å². The molecule has 4 aliphatic rings. The number of ether oxygens (including phenoxy) is 1. The maximum atomic E-state index is 17.0. The lowest BCUT2D eigenvalue weighted by molar-refractivity contribution is -0.119. The maximum absolute atomic E-state index is 17.0. The smallest absolute Gasteiger partial charge is 0.319 e. The largest absolute Gasteiger partial charge is 0.461 e. The SMILES string of the molecule is C#Cc1cccc2cccc(-c3ncc4c(N5CCCC[C@@H](NC(=O)/C(F)=C/N6C=CC=CN6)C5)nc(OC[C@@]56CCCN5C[C@H](F)C6)nc4c3F)c12. The first kappa shape index (κ1) is 34.5. The van der Waals surface area contributed by atoms with Crippen molar-refractivity contribution in [3.63, 3.8) is 0 Å². The lowest BCUT2D eigenvalue weighted by atomic mass is 9.95. The van der Waals surface area contributed by atoms with Gasteiger partial charge in [0.05, 0.1) is 17.1 Å². The van der Waals surface area contributed by atoms with Gasteiger partial charge >= 0.3 is 6.01 Å². The van der Waals surface area contributed by atoms with Gasteiger partial charge < -0.3 is 20.4 Å². The quantitative estimate of drug-likeness (QED) is 0.167. The Morgan fingerprint density at radius 3 is 2.83 bits per heavy atom. The van der Waals surface area contributed by atoms with Crippen LogP contribution in [0.2, 0.25) is 0 Å². The number of hydrogen-bond acceptors (Lipinski definition) is 9. The van der Waals surface area contributed by atoms with E-state index in [1.807, 2.05) is 35.2 Å². The van der Waals surface area contributed by atoms with Gasteiger partial charge in [0.15, 0.2) is 5.82 Å². The molecule has 8 rings (SSSR count). The molecule has 0 aliphatic carbocycles. The van der Waals surface area contributed by atoms with Crippen LogP contribution < -0.4 is 20.4 Å². The van der Waals surface area contributed by atoms with Gasteiger partial charge in [-0.2, -0.15) is 14.4 Å². The van der Waals surface area contributed by atoms with Crippen LogP contribution in [0.5, 0.6) is 6.01 Å². The molecule has 6 heterocycles. The van der Waals surface area contributed by atoms with E-state index in [2.05, 4.69) is 31.5 Å². The van der Waals surface area contributed by atoms with Gasteiger partial charge in [-0.05, 0) is 62.3 Å². The third-order valence-corrected chi connectivity index (χ3v) is 10.6. The molecule has 4 aromatic rings. The summed E-state index contributed by atoms with van der Waals surface area (Å²) in [5, 5.41) is 6.08. The summed E-state index contributed by atoms with van der Waals surface area (Å²) in [5.41, 5.74) is 3.57. The molecule has 272 valence electrons. The molecule has 2 N–H and O–H groups in total. The Kier molecular flexibility index (Phi) is 9.38. The third kappa shape index (κ3) is 6.75. The highest BCUT2D eigenvalue weighted by atomic mass is 19.1. The summed E-state index contributed by atoms with van der Waals surface area (Å²) < 4.78 is 52.9. The summed E-state index contributed by atoms with van der Waals surface area (Å²) in [7, 11) is 0. The van der Waals surface area contributed by atoms with Crippen molar-refractivity contribution in [1.82, 2.24) is 35.6 Å². The van der Waals surface area contributed by atoms with E-state index in [1.165, 1.54) is 5.01 Å². The van der Waals surface area contributed by atoms with E-state index >= 15 is 4.39 Å². The van der Waals surface area contributed by atoms with Crippen molar-refractivity contribution in [2.75, 3.05) is 37.7 Å². The fourth-order valence-corrected chi connectivity index (χ4v) is 8.16. The fraction of sp³-hybridized carbons (Fsp3) is 0.350. The third-order valence-electron chi connectivity index (χ3n) is 10.6. The number of benzene rings is 2. The van der Waals surface area contributed by atoms with Crippen molar-refractivity contribution >= 4 is 33.4 Å². The topological polar surface area (TPSA) is 98.8 Å². The zero-order valence-corrected chi connectivity index (χ0v) is 29.1. The predicted molar refractivity (Wildman–Crippen MR) is 197 cm³/mol. The Bertz CT molecular complexity index is 2200. The van der Waals surface area contributed by atoms with Crippen LogP contribution in [0.25, 0.3) is 32.9 Å². The summed E-state index contributed by atoms with van der Waals surface area (Å²) >= 11 is 0. The second kappa shape index (κ2) is 14.4. The average molecular weight is 721 g/mol. The number of amides is 1. The molecule has 3 saturated heterocycles. The van der Waals surface area contributed by atoms with Crippen LogP contribution >= 0.6 is 0 Å². The molecule has 2 aromatic carbocycles. The number of fused-ring (bicyclic) bond motifs is 3. The lowest BCUT2D eigenvalue weighted by Crippen LogP contribution is -2.44. The van der Waals surface area contributed by atoms with Crippen LogP contribution in [0.15, 0.2) is 79.2 Å². The van der Waals surface area contributed by atoms with Gasteiger partial charge in [-0.25, -0.2) is 8.78 Å². The minimum Gasteiger partial charge on any atom is -0.461 e. The first-order valence-electron chi connectivity index (χ1n) is 18.0. The Balaban J connectivity index is 1.16. The number of pyridine rings is 1. The molecule has 1 amide bonds. The zero-order valence-electron chi connectivity index (χ0n) is 29.1. The number of carbonyl (C=O) groups excluding carboxylic acids is 1. The number of nitrogens with zero attached hydrogens (tertiary/aromatic N) is 6. The number of aromatic nitrogens is 3. The Labute approximate surface area is 305 Å². The molecule has 0 radical (unpaired) electrons. The van der Waals surface area contributed by atoms with Crippen molar-refractivity contribution in [2.24, 2.45) is 0 Å². The number of hydrazine groups is 1. The minimum absolute atomic E-state index is 0.00991. The van der Waals surface area contributed by atoms with Gasteiger partial charge in [-0.1, -0.05) is 36.3 Å². The molecule has 0 spiro atoms. The highest BCUT2D eigenvalue weighted by Gasteiger charge is 2.49. The highest BCUT2D eigenvalue weighted by molar-refractivity contribution is 6.02. The van der Waals surface area contributed by atoms with Gasteiger partial charge in [0.1, 0.15) is 29.8 Å². The molecule has 3 atom stereocenters. The number of anilines is 1. The van der Waals surface area contributed by atoms with E-state index in [1.54, 1.807) is 36.8 Å². The molecule has 0 unspecified atom stereocenters. The number of allylic oxidation sites excluding steroid dienone is 2. The van der Waals surface area contributed by atoms with E-state index in [-0.39, 0.29) is 30.4 Å². The normalized spacial score (nSPS) is 23.2. The van der Waals surface area contributed by atoms with Crippen LogP contribution in [-0.4, -0.2) is 81.3 Å². The number of halogens is 3. The van der Waals surface area contributed by atoms with E-state index in [0.29, 0.717) is 53.6 Å². The Morgan fingerprint density at radius 2 is 2.00 bits per heavy atom. The molecule has 2 aromatic heterocycles. The summed E-state index contributed by atoms with van der Waals surface area (Å²) in [4.78, 5) is 31.1. The second-order valence-corrected chi connectivity index (χ2v) is 14.1. The standard InChI is InChI=1S/C40H39F3N8O2/c1-2-26-10-7-11-27-12-8-14-30(33(26)27)35-34(43)36-31(21-44-35)37(48-39(47-36)53-25-40-15-9-18-50(40)22-28(41)20-40)49-17-5-3-13-29(23-49)46-38(52)32(42)24-51-19-6-4-16-45-51/h1,4,6-8,10-12,14,16,19,21,24,28-29,45H,3,5,9,13,15,17-18,20,22-23,25H2,(H,46,52)/b32-24-/t28-,29-,40+/m1/s1. The second-order valence-electron chi connectivity index (χ2n) is 14.1. The monoisotopic (exact) mass is 720 g/mol. The van der Waals surface area contributed by atoms with Crippen LogP contribution in [-0.2, 0) is 4.79 Å². The van der Waals surface area contributed by atoms with Gasteiger partial charge in [-0.3, -0.25) is 19.7 Å². The fourth-order valence-electron chi connectivity index (χ4n) is 8.16. The van der Waals surface area contributed by atoms with Crippen molar-refractivity contribution in [3.05, 3.63) is 90.6 Å². The van der Waals surface area contributed by atoms with E-state index in [0.717, 1.165) is 43.8 Å². The predicted octanol–water partition coefficient (Wildman–Crippen LogP) is 6.05. The van der Waals surface area contributed by atoms with Crippen LogP contribution in [0.3, 0.4) is 0 Å². The Hall–Kier alpha value is -5.61. The summed E-state index contributed by atoms with van der Waals surface area (Å²) in [6.45, 7) is 2.12. The van der Waals surface area contributed by atoms with E-state index in [9.17, 15) is 13.6 Å². The van der Waals surface area contributed by atoms with Gasteiger partial charge in [0, 0.05) is 67.2 Å². The van der Waals surface area contributed by atoms with Crippen LogP contribution in [0, 0.1) is 18.2 Å². The number of nitrogens with one attached hydrogen (secondary N) is 2. The van der Waals surface area contributed by atoms with Crippen LogP contribution in [0.4, 0.5) is 19.0 Å². The molecule has 10 nitrogen and oxygen atoms in total. The summed E-state index contributed by atoms with van der Waals surface area (Å²) in [6.07, 6.45) is 18.4. The summed E-state index contributed by atoms with van der Waals surface area (Å²) in [5.74, 6) is 0.623. The minimum atomic E-state index is -0.959. The lowest BCUT2D eigenvalue weighted by Gasteiger charge is -2.31. The number of alkyl halides is 1. The first-order chi connectivity index (χ1) is 25.8. The molecule has 53 heavy (non-hydrogen) atoms. The molecular weight excluding hydrogens is 681 g/mol. The van der Waals surface area contributed by atoms with E-state index in [4.69, 9.17) is 16.1 Å². The number of rotatable bonds is 8. The Morgan fingerprint density at radius 1 is 1.13 bits per heavy atom. The molecule has 0 bridgehead atoms. The highest BCUT2D eigenvalue weighted by Crippen LogP contribution is 2.41. The van der Waals surface area contributed by atoms with Crippen molar-refractivity contribution in [3.8, 4) is 29.6 Å². The van der Waals surface area contributed by atoms with Crippen LogP contribution in [0.1, 0.15) is 44.1 Å².